The van der Waals surface area contributed by atoms with Crippen molar-refractivity contribution in [1.29, 1.82) is 0 Å². The fraction of sp³-hybridized carbons (Fsp3) is 0.111. The van der Waals surface area contributed by atoms with Crippen LogP contribution in [0.2, 0.25) is 0 Å². The molecule has 4 N–H and O–H groups in total. The zero-order valence-corrected chi connectivity index (χ0v) is 12.8. The van der Waals surface area contributed by atoms with Gasteiger partial charge in [-0.15, -0.1) is 0 Å². The van der Waals surface area contributed by atoms with Gasteiger partial charge in [-0.05, 0) is 29.8 Å². The number of phenols is 1. The number of hydrogen-bond donors (Lipinski definition) is 3. The highest BCUT2D eigenvalue weighted by Crippen LogP contribution is 2.38. The van der Waals surface area contributed by atoms with Crippen LogP contribution in [-0.4, -0.2) is 15.1 Å². The molecule has 2 heterocycles. The number of rotatable bonds is 3. The van der Waals surface area contributed by atoms with Gasteiger partial charge in [0, 0.05) is 18.2 Å². The lowest BCUT2D eigenvalue weighted by Gasteiger charge is -2.11. The molecule has 120 valence electrons. The van der Waals surface area contributed by atoms with E-state index in [1.807, 2.05) is 24.3 Å². The largest absolute Gasteiger partial charge is 0.508 e. The van der Waals surface area contributed by atoms with E-state index in [0.717, 1.165) is 22.6 Å². The Balaban J connectivity index is 1.62. The molecule has 4 rings (SSSR count). The SMILES string of the molecule is Nc1cccc(C2Cc3c(ncnc3Oc3cccc(O)c3)N2)c1. The van der Waals surface area contributed by atoms with Crippen LogP contribution in [0.1, 0.15) is 17.2 Å². The summed E-state index contributed by atoms with van der Waals surface area (Å²) < 4.78 is 5.83. The van der Waals surface area contributed by atoms with E-state index in [1.165, 1.54) is 6.33 Å². The molecule has 1 unspecified atom stereocenters. The van der Waals surface area contributed by atoms with Crippen LogP contribution in [0.25, 0.3) is 0 Å². The maximum Gasteiger partial charge on any atom is 0.227 e. The molecule has 1 aliphatic rings. The second-order valence-electron chi connectivity index (χ2n) is 5.68. The number of nitrogens with zero attached hydrogens (tertiary/aromatic N) is 2. The van der Waals surface area contributed by atoms with Crippen molar-refractivity contribution >= 4 is 11.5 Å². The molecule has 1 aliphatic heterocycles. The fourth-order valence-electron chi connectivity index (χ4n) is 2.85. The molecule has 1 aromatic heterocycles. The monoisotopic (exact) mass is 320 g/mol. The van der Waals surface area contributed by atoms with Gasteiger partial charge in [0.15, 0.2) is 0 Å². The first-order valence-corrected chi connectivity index (χ1v) is 7.62. The molecular formula is C18H16N4O2. The number of anilines is 2. The summed E-state index contributed by atoms with van der Waals surface area (Å²) in [6.45, 7) is 0. The van der Waals surface area contributed by atoms with Crippen molar-refractivity contribution in [2.75, 3.05) is 11.1 Å². The Kier molecular flexibility index (Phi) is 3.42. The molecule has 0 spiro atoms. The second kappa shape index (κ2) is 5.73. The van der Waals surface area contributed by atoms with Crippen LogP contribution in [-0.2, 0) is 6.42 Å². The van der Waals surface area contributed by atoms with Crippen molar-refractivity contribution in [2.45, 2.75) is 12.5 Å². The van der Waals surface area contributed by atoms with E-state index in [4.69, 9.17) is 10.5 Å². The number of aromatic nitrogens is 2. The summed E-state index contributed by atoms with van der Waals surface area (Å²) in [4.78, 5) is 8.54. The second-order valence-corrected chi connectivity index (χ2v) is 5.68. The van der Waals surface area contributed by atoms with Crippen molar-refractivity contribution in [2.24, 2.45) is 0 Å². The summed E-state index contributed by atoms with van der Waals surface area (Å²) >= 11 is 0. The minimum atomic E-state index is 0.0757. The van der Waals surface area contributed by atoms with Crippen LogP contribution < -0.4 is 15.8 Å². The molecule has 0 aliphatic carbocycles. The molecule has 24 heavy (non-hydrogen) atoms. The Morgan fingerprint density at radius 1 is 1.12 bits per heavy atom. The summed E-state index contributed by atoms with van der Waals surface area (Å²) in [5.74, 6) is 1.93. The lowest BCUT2D eigenvalue weighted by atomic mass is 10.0. The first-order chi connectivity index (χ1) is 11.7. The lowest BCUT2D eigenvalue weighted by Crippen LogP contribution is -2.06. The highest BCUT2D eigenvalue weighted by Gasteiger charge is 2.27. The summed E-state index contributed by atoms with van der Waals surface area (Å²) in [6, 6.07) is 14.5. The molecule has 6 heteroatoms. The van der Waals surface area contributed by atoms with Gasteiger partial charge in [0.25, 0.3) is 0 Å². The zero-order valence-electron chi connectivity index (χ0n) is 12.8. The van der Waals surface area contributed by atoms with Gasteiger partial charge in [0.2, 0.25) is 5.88 Å². The number of fused-ring (bicyclic) bond motifs is 1. The highest BCUT2D eigenvalue weighted by molar-refractivity contribution is 5.58. The number of hydrogen-bond acceptors (Lipinski definition) is 6. The van der Waals surface area contributed by atoms with Crippen LogP contribution >= 0.6 is 0 Å². The molecule has 3 aromatic rings. The Morgan fingerprint density at radius 2 is 2.00 bits per heavy atom. The number of phenolic OH excluding ortho intramolecular Hbond substituents is 1. The summed E-state index contributed by atoms with van der Waals surface area (Å²) in [5, 5.41) is 12.9. The molecule has 1 atom stereocenters. The smallest absolute Gasteiger partial charge is 0.227 e. The maximum absolute atomic E-state index is 9.56. The first-order valence-electron chi connectivity index (χ1n) is 7.62. The number of aromatic hydroxyl groups is 1. The van der Waals surface area contributed by atoms with E-state index in [1.54, 1.807) is 24.3 Å². The van der Waals surface area contributed by atoms with E-state index < -0.39 is 0 Å². The third-order valence-corrected chi connectivity index (χ3v) is 3.97. The van der Waals surface area contributed by atoms with Crippen LogP contribution in [0.4, 0.5) is 11.5 Å². The van der Waals surface area contributed by atoms with E-state index >= 15 is 0 Å². The van der Waals surface area contributed by atoms with Crippen LogP contribution in [0.15, 0.2) is 54.9 Å². The van der Waals surface area contributed by atoms with Gasteiger partial charge < -0.3 is 20.9 Å². The maximum atomic E-state index is 9.56. The average molecular weight is 320 g/mol. The van der Waals surface area contributed by atoms with Gasteiger partial charge in [0.1, 0.15) is 23.6 Å². The van der Waals surface area contributed by atoms with Crippen molar-refractivity contribution in [3.63, 3.8) is 0 Å². The van der Waals surface area contributed by atoms with Crippen molar-refractivity contribution in [3.05, 3.63) is 66.0 Å². The van der Waals surface area contributed by atoms with E-state index in [0.29, 0.717) is 18.1 Å². The molecular weight excluding hydrogens is 304 g/mol. The average Bonchev–Trinajstić information content (AvgIpc) is 3.00. The topological polar surface area (TPSA) is 93.3 Å². The highest BCUT2D eigenvalue weighted by atomic mass is 16.5. The van der Waals surface area contributed by atoms with Gasteiger partial charge in [-0.1, -0.05) is 18.2 Å². The third-order valence-electron chi connectivity index (χ3n) is 3.97. The molecule has 0 saturated heterocycles. The van der Waals surface area contributed by atoms with Gasteiger partial charge >= 0.3 is 0 Å². The fourth-order valence-corrected chi connectivity index (χ4v) is 2.85. The molecule has 0 bridgehead atoms. The zero-order chi connectivity index (χ0) is 16.5. The third kappa shape index (κ3) is 2.69. The van der Waals surface area contributed by atoms with Crippen molar-refractivity contribution in [3.8, 4) is 17.4 Å². The van der Waals surface area contributed by atoms with Crippen molar-refractivity contribution in [1.82, 2.24) is 9.97 Å². The number of benzene rings is 2. The van der Waals surface area contributed by atoms with Crippen LogP contribution in [0.3, 0.4) is 0 Å². The predicted octanol–water partition coefficient (Wildman–Crippen LogP) is 3.27. The Morgan fingerprint density at radius 3 is 2.83 bits per heavy atom. The Hall–Kier alpha value is -3.28. The molecule has 0 fully saturated rings. The lowest BCUT2D eigenvalue weighted by molar-refractivity contribution is 0.441. The number of nitrogens with one attached hydrogen (secondary N) is 1. The van der Waals surface area contributed by atoms with Crippen molar-refractivity contribution < 1.29 is 9.84 Å². The summed E-state index contributed by atoms with van der Waals surface area (Å²) in [5.41, 5.74) is 8.61. The summed E-state index contributed by atoms with van der Waals surface area (Å²) in [7, 11) is 0. The van der Waals surface area contributed by atoms with Gasteiger partial charge in [-0.3, -0.25) is 0 Å². The van der Waals surface area contributed by atoms with Gasteiger partial charge in [0.05, 0.1) is 11.6 Å². The van der Waals surface area contributed by atoms with E-state index in [2.05, 4.69) is 15.3 Å². The molecule has 6 nitrogen and oxygen atoms in total. The van der Waals surface area contributed by atoms with Crippen LogP contribution in [0, 0.1) is 0 Å². The molecule has 2 aromatic carbocycles. The predicted molar refractivity (Wildman–Crippen MR) is 91.1 cm³/mol. The number of nitrogen functional groups attached to an aromatic ring is 1. The standard InChI is InChI=1S/C18H16N4O2/c19-12-4-1-3-11(7-12)16-9-15-17(22-16)20-10-21-18(15)24-14-6-2-5-13(23)8-14/h1-8,10,16,23H,9,19H2,(H,20,21,22). The van der Waals surface area contributed by atoms with Gasteiger partial charge in [-0.2, -0.15) is 0 Å². The first kappa shape index (κ1) is 14.3. The minimum absolute atomic E-state index is 0.0757. The van der Waals surface area contributed by atoms with E-state index in [9.17, 15) is 5.11 Å². The molecule has 0 radical (unpaired) electrons. The number of ether oxygens (including phenoxy) is 1. The minimum Gasteiger partial charge on any atom is -0.508 e. The number of nitrogens with two attached hydrogens (primary N) is 1. The quantitative estimate of drug-likeness (QED) is 0.641. The van der Waals surface area contributed by atoms with Crippen LogP contribution in [0.5, 0.6) is 17.4 Å². The Bertz CT molecular complexity index is 898. The molecule has 0 saturated carbocycles. The Labute approximate surface area is 139 Å². The molecule has 0 amide bonds. The summed E-state index contributed by atoms with van der Waals surface area (Å²) in [6.07, 6.45) is 2.17. The van der Waals surface area contributed by atoms with E-state index in [-0.39, 0.29) is 11.8 Å². The van der Waals surface area contributed by atoms with Gasteiger partial charge in [-0.25, -0.2) is 9.97 Å². The normalized spacial score (nSPS) is 15.6.